The van der Waals surface area contributed by atoms with Crippen LogP contribution in [0.5, 0.6) is 0 Å². The number of morpholine rings is 1. The van der Waals surface area contributed by atoms with Crippen molar-refractivity contribution in [3.05, 3.63) is 21.8 Å². The average molecular weight is 353 g/mol. The maximum Gasteiger partial charge on any atom is 0.257 e. The van der Waals surface area contributed by atoms with Crippen molar-refractivity contribution in [1.29, 1.82) is 0 Å². The molecule has 2 aromatic rings. The third-order valence-electron chi connectivity index (χ3n) is 2.43. The summed E-state index contributed by atoms with van der Waals surface area (Å²) >= 11 is 4.98. The lowest BCUT2D eigenvalue weighted by atomic mass is 10.3. The first kappa shape index (κ1) is 14.0. The number of halogens is 2. The van der Waals surface area contributed by atoms with Gasteiger partial charge in [0.05, 0.1) is 11.5 Å². The van der Waals surface area contributed by atoms with Crippen LogP contribution in [0.2, 0.25) is 0 Å². The zero-order valence-corrected chi connectivity index (χ0v) is 12.5. The Bertz CT molecular complexity index is 513. The number of nitrogens with zero attached hydrogens (tertiary/aromatic N) is 2. The van der Waals surface area contributed by atoms with Gasteiger partial charge in [-0.2, -0.15) is 4.98 Å². The van der Waals surface area contributed by atoms with Gasteiger partial charge in [0, 0.05) is 22.9 Å². The highest BCUT2D eigenvalue weighted by molar-refractivity contribution is 9.10. The van der Waals surface area contributed by atoms with Gasteiger partial charge in [-0.15, -0.1) is 23.7 Å². The van der Waals surface area contributed by atoms with E-state index in [0.717, 1.165) is 22.4 Å². The van der Waals surface area contributed by atoms with Crippen LogP contribution in [0.1, 0.15) is 12.0 Å². The Morgan fingerprint density at radius 3 is 3.06 bits per heavy atom. The molecule has 3 heterocycles. The van der Waals surface area contributed by atoms with Gasteiger partial charge in [0.1, 0.15) is 6.10 Å². The van der Waals surface area contributed by atoms with Gasteiger partial charge in [-0.25, -0.2) is 0 Å². The summed E-state index contributed by atoms with van der Waals surface area (Å²) in [6.07, 6.45) is -0.131. The smallest absolute Gasteiger partial charge is 0.257 e. The van der Waals surface area contributed by atoms with Crippen LogP contribution < -0.4 is 5.32 Å². The van der Waals surface area contributed by atoms with E-state index in [1.807, 2.05) is 11.4 Å². The van der Waals surface area contributed by atoms with E-state index >= 15 is 0 Å². The van der Waals surface area contributed by atoms with Crippen LogP contribution in [0.4, 0.5) is 0 Å². The normalized spacial score (nSPS) is 19.5. The van der Waals surface area contributed by atoms with E-state index in [9.17, 15) is 0 Å². The van der Waals surface area contributed by atoms with E-state index < -0.39 is 0 Å². The first-order chi connectivity index (χ1) is 8.33. The zero-order chi connectivity index (χ0) is 11.7. The summed E-state index contributed by atoms with van der Waals surface area (Å²) in [6.45, 7) is 2.26. The minimum absolute atomic E-state index is 0. The molecule has 0 bridgehead atoms. The molecule has 1 fully saturated rings. The van der Waals surface area contributed by atoms with Gasteiger partial charge in [-0.05, 0) is 22.0 Å². The first-order valence-corrected chi connectivity index (χ1v) is 6.90. The second kappa shape index (κ2) is 6.12. The van der Waals surface area contributed by atoms with Crippen LogP contribution in [0.15, 0.2) is 20.4 Å². The minimum atomic E-state index is -0.131. The van der Waals surface area contributed by atoms with Gasteiger partial charge in [0.2, 0.25) is 5.82 Å². The number of aromatic nitrogens is 2. The molecule has 98 valence electrons. The number of rotatable bonds is 2. The molecule has 1 aliphatic rings. The number of ether oxygens (including phenoxy) is 1. The van der Waals surface area contributed by atoms with Crippen molar-refractivity contribution in [2.45, 2.75) is 6.10 Å². The molecular weight excluding hydrogens is 342 g/mol. The highest BCUT2D eigenvalue weighted by Crippen LogP contribution is 2.29. The molecule has 1 aliphatic heterocycles. The van der Waals surface area contributed by atoms with Gasteiger partial charge in [-0.1, -0.05) is 5.16 Å². The molecule has 0 aliphatic carbocycles. The zero-order valence-electron chi connectivity index (χ0n) is 9.26. The highest BCUT2D eigenvalue weighted by Gasteiger charge is 2.22. The SMILES string of the molecule is Brc1csc(-c2noc([C@@H]3CNCCO3)n2)c1.Cl. The van der Waals surface area contributed by atoms with Gasteiger partial charge < -0.3 is 14.6 Å². The lowest BCUT2D eigenvalue weighted by Gasteiger charge is -2.19. The standard InChI is InChI=1S/C10H10BrN3O2S.ClH/c11-6-3-8(17-5-6)9-13-10(16-14-9)7-4-12-1-2-15-7;/h3,5,7,12H,1-2,4H2;1H/t7-;/m0./s1. The summed E-state index contributed by atoms with van der Waals surface area (Å²) in [5.74, 6) is 1.15. The van der Waals surface area contributed by atoms with E-state index in [1.54, 1.807) is 11.3 Å². The fourth-order valence-electron chi connectivity index (χ4n) is 1.62. The van der Waals surface area contributed by atoms with Crippen molar-refractivity contribution < 1.29 is 9.26 Å². The fraction of sp³-hybridized carbons (Fsp3) is 0.400. The van der Waals surface area contributed by atoms with Gasteiger partial charge in [0.15, 0.2) is 0 Å². The summed E-state index contributed by atoms with van der Waals surface area (Å²) in [5.41, 5.74) is 0. The Balaban J connectivity index is 0.00000120. The Morgan fingerprint density at radius 1 is 1.50 bits per heavy atom. The van der Waals surface area contributed by atoms with Crippen molar-refractivity contribution >= 4 is 39.7 Å². The predicted molar refractivity (Wildman–Crippen MR) is 74.1 cm³/mol. The van der Waals surface area contributed by atoms with Gasteiger partial charge in [-0.3, -0.25) is 0 Å². The Labute approximate surface area is 122 Å². The molecule has 2 aromatic heterocycles. The molecule has 8 heteroatoms. The van der Waals surface area contributed by atoms with Crippen molar-refractivity contribution in [1.82, 2.24) is 15.5 Å². The summed E-state index contributed by atoms with van der Waals surface area (Å²) in [7, 11) is 0. The lowest BCUT2D eigenvalue weighted by molar-refractivity contribution is 0.00755. The van der Waals surface area contributed by atoms with E-state index in [4.69, 9.17) is 9.26 Å². The molecule has 5 nitrogen and oxygen atoms in total. The monoisotopic (exact) mass is 351 g/mol. The molecule has 0 spiro atoms. The second-order valence-electron chi connectivity index (χ2n) is 3.65. The molecule has 1 saturated heterocycles. The number of hydrogen-bond donors (Lipinski definition) is 1. The molecule has 3 rings (SSSR count). The maximum absolute atomic E-state index is 5.55. The fourth-order valence-corrected chi connectivity index (χ4v) is 2.97. The van der Waals surface area contributed by atoms with Crippen LogP contribution in [-0.4, -0.2) is 29.8 Å². The highest BCUT2D eigenvalue weighted by atomic mass is 79.9. The van der Waals surface area contributed by atoms with E-state index in [2.05, 4.69) is 31.4 Å². The summed E-state index contributed by atoms with van der Waals surface area (Å²) < 4.78 is 11.8. The van der Waals surface area contributed by atoms with Crippen LogP contribution in [-0.2, 0) is 4.74 Å². The molecule has 0 amide bonds. The number of nitrogens with one attached hydrogen (secondary N) is 1. The largest absolute Gasteiger partial charge is 0.366 e. The van der Waals surface area contributed by atoms with Crippen molar-refractivity contribution in [2.75, 3.05) is 19.7 Å². The summed E-state index contributed by atoms with van der Waals surface area (Å²) in [4.78, 5) is 5.35. The van der Waals surface area contributed by atoms with E-state index in [-0.39, 0.29) is 18.5 Å². The molecule has 0 radical (unpaired) electrons. The molecule has 0 aromatic carbocycles. The second-order valence-corrected chi connectivity index (χ2v) is 5.48. The third-order valence-corrected chi connectivity index (χ3v) is 4.12. The maximum atomic E-state index is 5.55. The molecule has 0 unspecified atom stereocenters. The first-order valence-electron chi connectivity index (χ1n) is 5.23. The van der Waals surface area contributed by atoms with Crippen LogP contribution >= 0.6 is 39.7 Å². The van der Waals surface area contributed by atoms with Gasteiger partial charge >= 0.3 is 0 Å². The summed E-state index contributed by atoms with van der Waals surface area (Å²) in [6, 6.07) is 1.97. The van der Waals surface area contributed by atoms with Crippen molar-refractivity contribution in [3.63, 3.8) is 0 Å². The van der Waals surface area contributed by atoms with E-state index in [0.29, 0.717) is 18.3 Å². The average Bonchev–Trinajstić information content (AvgIpc) is 2.98. The predicted octanol–water partition coefficient (Wildman–Crippen LogP) is 2.64. The quantitative estimate of drug-likeness (QED) is 0.900. The Morgan fingerprint density at radius 2 is 2.39 bits per heavy atom. The Kier molecular flexibility index (Phi) is 4.74. The third kappa shape index (κ3) is 2.92. The minimum Gasteiger partial charge on any atom is -0.366 e. The lowest BCUT2D eigenvalue weighted by Crippen LogP contribution is -2.33. The molecule has 18 heavy (non-hydrogen) atoms. The van der Waals surface area contributed by atoms with Crippen LogP contribution in [0, 0.1) is 0 Å². The topological polar surface area (TPSA) is 60.2 Å². The number of thiophene rings is 1. The molecule has 1 N–H and O–H groups in total. The molecule has 1 atom stereocenters. The number of hydrogen-bond acceptors (Lipinski definition) is 6. The van der Waals surface area contributed by atoms with Crippen molar-refractivity contribution in [2.24, 2.45) is 0 Å². The Hall–Kier alpha value is -0.470. The van der Waals surface area contributed by atoms with Crippen molar-refractivity contribution in [3.8, 4) is 10.7 Å². The van der Waals surface area contributed by atoms with Gasteiger partial charge in [0.25, 0.3) is 5.89 Å². The van der Waals surface area contributed by atoms with E-state index in [1.165, 1.54) is 0 Å². The van der Waals surface area contributed by atoms with Crippen LogP contribution in [0.3, 0.4) is 0 Å². The summed E-state index contributed by atoms with van der Waals surface area (Å²) in [5, 5.41) is 9.19. The van der Waals surface area contributed by atoms with Crippen LogP contribution in [0.25, 0.3) is 10.7 Å². The molecule has 0 saturated carbocycles. The molecular formula is C10H11BrClN3O2S.